The Balaban J connectivity index is 2.50. The summed E-state index contributed by atoms with van der Waals surface area (Å²) in [5, 5.41) is 12.7. The first-order chi connectivity index (χ1) is 7.77. The molecule has 2 N–H and O–H groups in total. The number of rotatable bonds is 6. The lowest BCUT2D eigenvalue weighted by Crippen LogP contribution is -2.21. The zero-order valence-electron chi connectivity index (χ0n) is 10.1. The molecule has 0 fully saturated rings. The van der Waals surface area contributed by atoms with Crippen LogP contribution >= 0.6 is 0 Å². The van der Waals surface area contributed by atoms with Gasteiger partial charge in [0.25, 0.3) is 0 Å². The average Bonchev–Trinajstić information content (AvgIpc) is 2.31. The van der Waals surface area contributed by atoms with Gasteiger partial charge in [0.05, 0.1) is 0 Å². The highest BCUT2D eigenvalue weighted by Gasteiger charge is 2.07. The van der Waals surface area contributed by atoms with E-state index >= 15 is 0 Å². The van der Waals surface area contributed by atoms with Gasteiger partial charge in [0.15, 0.2) is 0 Å². The Morgan fingerprint density at radius 3 is 2.56 bits per heavy atom. The molecular formula is C14H21NO. The zero-order chi connectivity index (χ0) is 11.8. The molecule has 1 aromatic rings. The number of benzene rings is 1. The van der Waals surface area contributed by atoms with Gasteiger partial charge in [-0.3, -0.25) is 0 Å². The molecule has 2 nitrogen and oxygen atoms in total. The van der Waals surface area contributed by atoms with Crippen LogP contribution < -0.4 is 5.32 Å². The molecular weight excluding hydrogens is 198 g/mol. The topological polar surface area (TPSA) is 32.3 Å². The van der Waals surface area contributed by atoms with Crippen molar-refractivity contribution in [3.05, 3.63) is 42.0 Å². The predicted octanol–water partition coefficient (Wildman–Crippen LogP) is 3.40. The Morgan fingerprint density at radius 1 is 1.31 bits per heavy atom. The van der Waals surface area contributed by atoms with Gasteiger partial charge < -0.3 is 10.4 Å². The molecule has 0 aliphatic heterocycles. The third-order valence-electron chi connectivity index (χ3n) is 2.64. The van der Waals surface area contributed by atoms with Crippen molar-refractivity contribution in [3.63, 3.8) is 0 Å². The Kier molecular flexibility index (Phi) is 5.65. The van der Waals surface area contributed by atoms with Gasteiger partial charge >= 0.3 is 0 Å². The number of phenolic OH excluding ortho intramolecular Hbond substituents is 1. The number of aromatic hydroxyl groups is 1. The molecule has 0 amide bonds. The van der Waals surface area contributed by atoms with Crippen LogP contribution in [0.5, 0.6) is 5.75 Å². The second-order valence-corrected chi connectivity index (χ2v) is 3.86. The number of hydrogen-bond donors (Lipinski definition) is 2. The van der Waals surface area contributed by atoms with Crippen LogP contribution in [0.15, 0.2) is 36.4 Å². The van der Waals surface area contributed by atoms with Crippen LogP contribution in [0.4, 0.5) is 0 Å². The molecule has 1 atom stereocenters. The molecule has 16 heavy (non-hydrogen) atoms. The van der Waals surface area contributed by atoms with E-state index in [0.29, 0.717) is 11.8 Å². The summed E-state index contributed by atoms with van der Waals surface area (Å²) in [4.78, 5) is 0. The van der Waals surface area contributed by atoms with Crippen LogP contribution in [0.2, 0.25) is 0 Å². The van der Waals surface area contributed by atoms with Crippen LogP contribution in [0.3, 0.4) is 0 Å². The van der Waals surface area contributed by atoms with Crippen molar-refractivity contribution >= 4 is 0 Å². The molecule has 0 aliphatic carbocycles. The summed E-state index contributed by atoms with van der Waals surface area (Å²) >= 11 is 0. The van der Waals surface area contributed by atoms with Gasteiger partial charge in [0.1, 0.15) is 5.75 Å². The Labute approximate surface area is 98.0 Å². The van der Waals surface area contributed by atoms with Crippen LogP contribution in [-0.4, -0.2) is 11.7 Å². The summed E-state index contributed by atoms with van der Waals surface area (Å²) in [6.07, 6.45) is 6.35. The first kappa shape index (κ1) is 12.8. The molecule has 0 aliphatic rings. The summed E-state index contributed by atoms with van der Waals surface area (Å²) in [6.45, 7) is 5.20. The molecule has 1 unspecified atom stereocenters. The maximum absolute atomic E-state index is 9.23. The summed E-state index contributed by atoms with van der Waals surface area (Å²) < 4.78 is 0. The Bertz CT molecular complexity index is 316. The van der Waals surface area contributed by atoms with E-state index < -0.39 is 0 Å². The van der Waals surface area contributed by atoms with Gasteiger partial charge in [0, 0.05) is 6.04 Å². The van der Waals surface area contributed by atoms with Crippen molar-refractivity contribution in [3.8, 4) is 5.75 Å². The molecule has 0 radical (unpaired) electrons. The molecule has 0 spiro atoms. The van der Waals surface area contributed by atoms with Gasteiger partial charge in [0.2, 0.25) is 0 Å². The molecule has 0 bridgehead atoms. The molecule has 1 aromatic carbocycles. The fourth-order valence-corrected chi connectivity index (χ4v) is 1.71. The van der Waals surface area contributed by atoms with Gasteiger partial charge in [-0.2, -0.15) is 0 Å². The van der Waals surface area contributed by atoms with E-state index in [1.165, 1.54) is 5.56 Å². The maximum Gasteiger partial charge on any atom is 0.115 e. The standard InChI is InChI=1S/C14H21NO/c1-3-5-6-11-15-14(4-2)12-7-9-13(16)10-8-12/h3,5,7-10,14-16H,4,6,11H2,1-2H3/b5-3+. The number of nitrogens with one attached hydrogen (secondary N) is 1. The lowest BCUT2D eigenvalue weighted by molar-refractivity contribution is 0.473. The van der Waals surface area contributed by atoms with Crippen molar-refractivity contribution in [1.82, 2.24) is 5.32 Å². The minimum Gasteiger partial charge on any atom is -0.508 e. The summed E-state index contributed by atoms with van der Waals surface area (Å²) in [5.41, 5.74) is 1.24. The minimum atomic E-state index is 0.326. The van der Waals surface area contributed by atoms with Gasteiger partial charge in [-0.1, -0.05) is 31.2 Å². The highest BCUT2D eigenvalue weighted by atomic mass is 16.3. The second-order valence-electron chi connectivity index (χ2n) is 3.86. The lowest BCUT2D eigenvalue weighted by atomic mass is 10.0. The minimum absolute atomic E-state index is 0.326. The molecule has 88 valence electrons. The van der Waals surface area contributed by atoms with E-state index in [9.17, 15) is 5.11 Å². The van der Waals surface area contributed by atoms with Crippen LogP contribution in [0.25, 0.3) is 0 Å². The Morgan fingerprint density at radius 2 is 2.00 bits per heavy atom. The predicted molar refractivity (Wildman–Crippen MR) is 68.6 cm³/mol. The Hall–Kier alpha value is -1.28. The highest BCUT2D eigenvalue weighted by molar-refractivity contribution is 5.27. The third-order valence-corrected chi connectivity index (χ3v) is 2.64. The fraction of sp³-hybridized carbons (Fsp3) is 0.429. The van der Waals surface area contributed by atoms with Crippen LogP contribution in [0, 0.1) is 0 Å². The fourth-order valence-electron chi connectivity index (χ4n) is 1.71. The van der Waals surface area contributed by atoms with Crippen molar-refractivity contribution in [1.29, 1.82) is 0 Å². The lowest BCUT2D eigenvalue weighted by Gasteiger charge is -2.16. The normalized spacial score (nSPS) is 13.1. The van der Waals surface area contributed by atoms with Gasteiger partial charge in [-0.25, -0.2) is 0 Å². The van der Waals surface area contributed by atoms with E-state index in [2.05, 4.69) is 24.4 Å². The number of allylic oxidation sites excluding steroid dienone is 1. The van der Waals surface area contributed by atoms with E-state index in [1.807, 2.05) is 19.1 Å². The molecule has 0 heterocycles. The van der Waals surface area contributed by atoms with Crippen molar-refractivity contribution in [2.24, 2.45) is 0 Å². The average molecular weight is 219 g/mol. The molecule has 2 heteroatoms. The largest absolute Gasteiger partial charge is 0.508 e. The molecule has 0 saturated carbocycles. The maximum atomic E-state index is 9.23. The number of phenols is 1. The monoisotopic (exact) mass is 219 g/mol. The van der Waals surface area contributed by atoms with Crippen molar-refractivity contribution in [2.75, 3.05) is 6.54 Å². The summed E-state index contributed by atoms with van der Waals surface area (Å²) in [6, 6.07) is 7.82. The first-order valence-corrected chi connectivity index (χ1v) is 5.91. The summed E-state index contributed by atoms with van der Waals surface area (Å²) in [5.74, 6) is 0.326. The highest BCUT2D eigenvalue weighted by Crippen LogP contribution is 2.19. The zero-order valence-corrected chi connectivity index (χ0v) is 10.1. The summed E-state index contributed by atoms with van der Waals surface area (Å²) in [7, 11) is 0. The van der Waals surface area contributed by atoms with Gasteiger partial charge in [-0.15, -0.1) is 0 Å². The van der Waals surface area contributed by atoms with E-state index in [1.54, 1.807) is 12.1 Å². The SMILES string of the molecule is C/C=C/CCNC(CC)c1ccc(O)cc1. The second kappa shape index (κ2) is 7.07. The van der Waals surface area contributed by atoms with Gasteiger partial charge in [-0.05, 0) is 44.0 Å². The van der Waals surface area contributed by atoms with E-state index in [0.717, 1.165) is 19.4 Å². The van der Waals surface area contributed by atoms with Crippen LogP contribution in [-0.2, 0) is 0 Å². The molecule has 0 saturated heterocycles. The third kappa shape index (κ3) is 4.07. The van der Waals surface area contributed by atoms with Crippen molar-refractivity contribution in [2.45, 2.75) is 32.7 Å². The van der Waals surface area contributed by atoms with Crippen molar-refractivity contribution < 1.29 is 5.11 Å². The molecule has 0 aromatic heterocycles. The van der Waals surface area contributed by atoms with Crippen LogP contribution in [0.1, 0.15) is 38.3 Å². The van der Waals surface area contributed by atoms with E-state index in [4.69, 9.17) is 0 Å². The quantitative estimate of drug-likeness (QED) is 0.567. The first-order valence-electron chi connectivity index (χ1n) is 5.91. The smallest absolute Gasteiger partial charge is 0.115 e. The van der Waals surface area contributed by atoms with E-state index in [-0.39, 0.29) is 0 Å². The number of hydrogen-bond acceptors (Lipinski definition) is 2. The molecule has 1 rings (SSSR count).